The van der Waals surface area contributed by atoms with Gasteiger partial charge < -0.3 is 16.4 Å². The monoisotopic (exact) mass is 279 g/mol. The topological polar surface area (TPSA) is 119 Å². The SMILES string of the molecule is CC[C@@H](Nc1nncc(Nc2cncs2)n1)C(N)=O. The van der Waals surface area contributed by atoms with Crippen molar-refractivity contribution in [3.8, 4) is 0 Å². The highest BCUT2D eigenvalue weighted by molar-refractivity contribution is 7.13. The van der Waals surface area contributed by atoms with E-state index in [1.54, 1.807) is 11.7 Å². The third-order valence-electron chi connectivity index (χ3n) is 2.30. The normalized spacial score (nSPS) is 11.8. The predicted octanol–water partition coefficient (Wildman–Crippen LogP) is 0.747. The van der Waals surface area contributed by atoms with Crippen LogP contribution in [-0.4, -0.2) is 32.1 Å². The molecule has 9 heteroatoms. The van der Waals surface area contributed by atoms with Crippen molar-refractivity contribution in [2.24, 2.45) is 5.73 Å². The third kappa shape index (κ3) is 3.58. The summed E-state index contributed by atoms with van der Waals surface area (Å²) in [5, 5.41) is 14.3. The molecule has 8 nitrogen and oxygen atoms in total. The molecule has 19 heavy (non-hydrogen) atoms. The maximum absolute atomic E-state index is 11.1. The van der Waals surface area contributed by atoms with Gasteiger partial charge in [0.25, 0.3) is 0 Å². The number of primary amides is 1. The van der Waals surface area contributed by atoms with Gasteiger partial charge in [-0.25, -0.2) is 0 Å². The first-order valence-electron chi connectivity index (χ1n) is 5.60. The maximum Gasteiger partial charge on any atom is 0.245 e. The second-order valence-electron chi connectivity index (χ2n) is 3.66. The lowest BCUT2D eigenvalue weighted by Gasteiger charge is -2.12. The molecule has 0 aliphatic carbocycles. The first kappa shape index (κ1) is 13.1. The number of rotatable bonds is 6. The molecule has 100 valence electrons. The van der Waals surface area contributed by atoms with E-state index < -0.39 is 11.9 Å². The van der Waals surface area contributed by atoms with E-state index in [1.807, 2.05) is 6.92 Å². The number of amides is 1. The van der Waals surface area contributed by atoms with Crippen LogP contribution in [0.2, 0.25) is 0 Å². The Morgan fingerprint density at radius 3 is 3.00 bits per heavy atom. The van der Waals surface area contributed by atoms with Crippen LogP contribution in [0.5, 0.6) is 0 Å². The van der Waals surface area contributed by atoms with Gasteiger partial charge in [0.15, 0.2) is 5.82 Å². The van der Waals surface area contributed by atoms with E-state index in [9.17, 15) is 4.79 Å². The minimum absolute atomic E-state index is 0.250. The number of carbonyl (C=O) groups excluding carboxylic acids is 1. The zero-order chi connectivity index (χ0) is 13.7. The largest absolute Gasteiger partial charge is 0.368 e. The highest BCUT2D eigenvalue weighted by Gasteiger charge is 2.14. The van der Waals surface area contributed by atoms with Gasteiger partial charge in [0.2, 0.25) is 11.9 Å². The Morgan fingerprint density at radius 2 is 2.37 bits per heavy atom. The molecular formula is C10H13N7OS. The summed E-state index contributed by atoms with van der Waals surface area (Å²) in [6.45, 7) is 1.84. The zero-order valence-corrected chi connectivity index (χ0v) is 11.0. The lowest BCUT2D eigenvalue weighted by molar-refractivity contribution is -0.118. The number of aromatic nitrogens is 4. The van der Waals surface area contributed by atoms with E-state index >= 15 is 0 Å². The second-order valence-corrected chi connectivity index (χ2v) is 4.55. The zero-order valence-electron chi connectivity index (χ0n) is 10.2. The number of anilines is 3. The van der Waals surface area contributed by atoms with Gasteiger partial charge in [-0.1, -0.05) is 6.92 Å². The molecule has 0 aromatic carbocycles. The van der Waals surface area contributed by atoms with Crippen LogP contribution in [0.3, 0.4) is 0 Å². The van der Waals surface area contributed by atoms with Crippen LogP contribution in [0.4, 0.5) is 16.8 Å². The molecule has 0 fully saturated rings. The molecule has 2 aromatic rings. The molecule has 0 unspecified atom stereocenters. The average Bonchev–Trinajstić information content (AvgIpc) is 2.89. The van der Waals surface area contributed by atoms with Gasteiger partial charge in [0.05, 0.1) is 17.9 Å². The highest BCUT2D eigenvalue weighted by atomic mass is 32.1. The summed E-state index contributed by atoms with van der Waals surface area (Å²) < 4.78 is 0. The van der Waals surface area contributed by atoms with Crippen molar-refractivity contribution in [1.29, 1.82) is 0 Å². The number of nitrogens with one attached hydrogen (secondary N) is 2. The summed E-state index contributed by atoms with van der Waals surface area (Å²) in [6.07, 6.45) is 3.71. The molecule has 0 bridgehead atoms. The standard InChI is InChI=1S/C10H13N7OS/c1-2-6(9(11)18)14-10-16-7(3-13-17-10)15-8-4-12-5-19-8/h3-6H,2H2,1H3,(H2,11,18)(H2,14,15,16,17)/t6-/m1/s1. The van der Waals surface area contributed by atoms with E-state index in [0.29, 0.717) is 12.2 Å². The van der Waals surface area contributed by atoms with Crippen molar-refractivity contribution >= 4 is 34.0 Å². The molecule has 0 saturated carbocycles. The van der Waals surface area contributed by atoms with Crippen LogP contribution in [0.25, 0.3) is 0 Å². The number of thiazole rings is 1. The molecule has 4 N–H and O–H groups in total. The Labute approximate surface area is 113 Å². The van der Waals surface area contributed by atoms with Gasteiger partial charge in [-0.05, 0) is 6.42 Å². The lowest BCUT2D eigenvalue weighted by atomic mass is 10.2. The molecule has 2 heterocycles. The molecular weight excluding hydrogens is 266 g/mol. The number of carbonyl (C=O) groups is 1. The number of hydrogen-bond acceptors (Lipinski definition) is 8. The van der Waals surface area contributed by atoms with Crippen LogP contribution >= 0.6 is 11.3 Å². The summed E-state index contributed by atoms with van der Waals surface area (Å²) in [6, 6.07) is -0.513. The van der Waals surface area contributed by atoms with Crippen LogP contribution in [0.1, 0.15) is 13.3 Å². The van der Waals surface area contributed by atoms with Crippen molar-refractivity contribution in [1.82, 2.24) is 20.2 Å². The number of hydrogen-bond donors (Lipinski definition) is 3. The minimum Gasteiger partial charge on any atom is -0.368 e. The molecule has 0 radical (unpaired) electrons. The summed E-state index contributed by atoms with van der Waals surface area (Å²) in [5.41, 5.74) is 6.95. The highest BCUT2D eigenvalue weighted by Crippen LogP contribution is 2.18. The first-order valence-corrected chi connectivity index (χ1v) is 6.48. The molecule has 1 amide bonds. The van der Waals surface area contributed by atoms with Crippen LogP contribution in [-0.2, 0) is 4.79 Å². The predicted molar refractivity (Wildman–Crippen MR) is 72.1 cm³/mol. The molecule has 2 rings (SSSR count). The molecule has 0 saturated heterocycles. The van der Waals surface area contributed by atoms with Crippen molar-refractivity contribution in [3.05, 3.63) is 17.9 Å². The van der Waals surface area contributed by atoms with Gasteiger partial charge in [-0.15, -0.1) is 16.4 Å². The van der Waals surface area contributed by atoms with E-state index in [-0.39, 0.29) is 5.95 Å². The average molecular weight is 279 g/mol. The summed E-state index contributed by atoms with van der Waals surface area (Å²) >= 11 is 1.44. The molecule has 0 aliphatic rings. The van der Waals surface area contributed by atoms with Crippen molar-refractivity contribution in [2.45, 2.75) is 19.4 Å². The summed E-state index contributed by atoms with van der Waals surface area (Å²) in [4.78, 5) is 19.3. The Kier molecular flexibility index (Phi) is 4.18. The molecule has 0 aliphatic heterocycles. The Bertz CT molecular complexity index is 545. The Morgan fingerprint density at radius 1 is 1.53 bits per heavy atom. The summed E-state index contributed by atoms with van der Waals surface area (Å²) in [7, 11) is 0. The Hall–Kier alpha value is -2.29. The van der Waals surface area contributed by atoms with Crippen molar-refractivity contribution in [3.63, 3.8) is 0 Å². The fourth-order valence-corrected chi connectivity index (χ4v) is 1.88. The summed E-state index contributed by atoms with van der Waals surface area (Å²) in [5.74, 6) is 0.313. The van der Waals surface area contributed by atoms with Gasteiger partial charge in [-0.3, -0.25) is 9.78 Å². The fraction of sp³-hybridized carbons (Fsp3) is 0.300. The van der Waals surface area contributed by atoms with E-state index in [0.717, 1.165) is 5.00 Å². The van der Waals surface area contributed by atoms with Crippen LogP contribution in [0.15, 0.2) is 17.9 Å². The second kappa shape index (κ2) is 6.05. The quantitative estimate of drug-likeness (QED) is 0.713. The first-order chi connectivity index (χ1) is 9.19. The van der Waals surface area contributed by atoms with Gasteiger partial charge >= 0.3 is 0 Å². The van der Waals surface area contributed by atoms with Gasteiger partial charge in [0, 0.05) is 0 Å². The third-order valence-corrected chi connectivity index (χ3v) is 2.99. The smallest absolute Gasteiger partial charge is 0.245 e. The van der Waals surface area contributed by atoms with Crippen LogP contribution in [0, 0.1) is 0 Å². The van der Waals surface area contributed by atoms with Crippen molar-refractivity contribution in [2.75, 3.05) is 10.6 Å². The fourth-order valence-electron chi connectivity index (χ4n) is 1.36. The van der Waals surface area contributed by atoms with Crippen molar-refractivity contribution < 1.29 is 4.79 Å². The molecule has 2 aromatic heterocycles. The van der Waals surface area contributed by atoms with Crippen LogP contribution < -0.4 is 16.4 Å². The van der Waals surface area contributed by atoms with E-state index in [2.05, 4.69) is 30.8 Å². The Balaban J connectivity index is 2.08. The molecule has 1 atom stereocenters. The van der Waals surface area contributed by atoms with E-state index in [4.69, 9.17) is 5.73 Å². The van der Waals surface area contributed by atoms with E-state index in [1.165, 1.54) is 17.5 Å². The van der Waals surface area contributed by atoms with Gasteiger partial charge in [0.1, 0.15) is 11.0 Å². The van der Waals surface area contributed by atoms with Gasteiger partial charge in [-0.2, -0.15) is 10.1 Å². The number of nitrogens with zero attached hydrogens (tertiary/aromatic N) is 4. The number of nitrogens with two attached hydrogens (primary N) is 1. The minimum atomic E-state index is -0.513. The molecule has 0 spiro atoms. The lowest BCUT2D eigenvalue weighted by Crippen LogP contribution is -2.35. The maximum atomic E-state index is 11.1.